The van der Waals surface area contributed by atoms with E-state index in [0.717, 1.165) is 22.6 Å². The quantitative estimate of drug-likeness (QED) is 0.626. The van der Waals surface area contributed by atoms with Crippen molar-refractivity contribution in [2.75, 3.05) is 0 Å². The standard InChI is InChI=1S/C11H21Br/c1-4-11(12)10-6-8(2)5-9(3)7-10/h8-11H,4-7H2,1-3H3. The van der Waals surface area contributed by atoms with E-state index in [9.17, 15) is 0 Å². The van der Waals surface area contributed by atoms with Gasteiger partial charge in [-0.15, -0.1) is 0 Å². The van der Waals surface area contributed by atoms with Crippen molar-refractivity contribution < 1.29 is 0 Å². The van der Waals surface area contributed by atoms with Crippen molar-refractivity contribution in [1.29, 1.82) is 0 Å². The van der Waals surface area contributed by atoms with Gasteiger partial charge in [0.05, 0.1) is 0 Å². The number of halogens is 1. The van der Waals surface area contributed by atoms with E-state index in [4.69, 9.17) is 0 Å². The molecule has 0 saturated heterocycles. The monoisotopic (exact) mass is 232 g/mol. The highest BCUT2D eigenvalue weighted by atomic mass is 79.9. The zero-order valence-electron chi connectivity index (χ0n) is 8.52. The Morgan fingerprint density at radius 1 is 1.17 bits per heavy atom. The predicted molar refractivity (Wildman–Crippen MR) is 58.7 cm³/mol. The molecule has 3 unspecified atom stereocenters. The van der Waals surface area contributed by atoms with Gasteiger partial charge in [0, 0.05) is 4.83 Å². The molecular formula is C11H21Br. The molecule has 0 N–H and O–H groups in total. The van der Waals surface area contributed by atoms with Crippen LogP contribution in [0.2, 0.25) is 0 Å². The van der Waals surface area contributed by atoms with Crippen LogP contribution in [-0.4, -0.2) is 4.83 Å². The van der Waals surface area contributed by atoms with Gasteiger partial charge in [-0.3, -0.25) is 0 Å². The summed E-state index contributed by atoms with van der Waals surface area (Å²) < 4.78 is 0. The second kappa shape index (κ2) is 4.64. The molecule has 0 aliphatic heterocycles. The molecule has 1 rings (SSSR count). The largest absolute Gasteiger partial charge is 0.0888 e. The second-order valence-corrected chi connectivity index (χ2v) is 5.78. The lowest BCUT2D eigenvalue weighted by Gasteiger charge is -2.33. The zero-order valence-corrected chi connectivity index (χ0v) is 10.1. The molecule has 1 aliphatic carbocycles. The fourth-order valence-corrected chi connectivity index (χ4v) is 3.07. The average molecular weight is 233 g/mol. The molecule has 0 aromatic rings. The molecule has 0 heterocycles. The molecule has 0 nitrogen and oxygen atoms in total. The maximum absolute atomic E-state index is 3.79. The van der Waals surface area contributed by atoms with Crippen LogP contribution >= 0.6 is 15.9 Å². The van der Waals surface area contributed by atoms with Gasteiger partial charge in [0.1, 0.15) is 0 Å². The van der Waals surface area contributed by atoms with Crippen LogP contribution in [0.3, 0.4) is 0 Å². The maximum Gasteiger partial charge on any atom is 0.0171 e. The van der Waals surface area contributed by atoms with Gasteiger partial charge in [-0.25, -0.2) is 0 Å². The Balaban J connectivity index is 2.43. The van der Waals surface area contributed by atoms with Gasteiger partial charge in [-0.05, 0) is 43.4 Å². The minimum Gasteiger partial charge on any atom is -0.0888 e. The molecule has 1 aliphatic rings. The van der Waals surface area contributed by atoms with Crippen molar-refractivity contribution in [3.8, 4) is 0 Å². The fourth-order valence-electron chi connectivity index (χ4n) is 2.64. The normalized spacial score (nSPS) is 39.5. The molecule has 1 saturated carbocycles. The highest BCUT2D eigenvalue weighted by Crippen LogP contribution is 2.37. The molecule has 1 heteroatoms. The van der Waals surface area contributed by atoms with Crippen LogP contribution in [0.4, 0.5) is 0 Å². The van der Waals surface area contributed by atoms with Crippen LogP contribution in [0, 0.1) is 17.8 Å². The molecule has 0 amide bonds. The summed E-state index contributed by atoms with van der Waals surface area (Å²) in [5.41, 5.74) is 0. The smallest absolute Gasteiger partial charge is 0.0171 e. The van der Waals surface area contributed by atoms with Gasteiger partial charge in [-0.1, -0.05) is 36.7 Å². The number of alkyl halides is 1. The van der Waals surface area contributed by atoms with E-state index in [1.165, 1.54) is 25.7 Å². The van der Waals surface area contributed by atoms with Crippen molar-refractivity contribution >= 4 is 15.9 Å². The van der Waals surface area contributed by atoms with Crippen molar-refractivity contribution in [3.63, 3.8) is 0 Å². The molecule has 3 atom stereocenters. The molecule has 12 heavy (non-hydrogen) atoms. The summed E-state index contributed by atoms with van der Waals surface area (Å²) in [6.45, 7) is 7.08. The van der Waals surface area contributed by atoms with Gasteiger partial charge in [0.15, 0.2) is 0 Å². The van der Waals surface area contributed by atoms with Gasteiger partial charge in [0.25, 0.3) is 0 Å². The molecule has 0 bridgehead atoms. The minimum absolute atomic E-state index is 0.766. The zero-order chi connectivity index (χ0) is 9.14. The van der Waals surface area contributed by atoms with Crippen LogP contribution in [0.1, 0.15) is 46.5 Å². The third-order valence-electron chi connectivity index (χ3n) is 3.12. The summed E-state index contributed by atoms with van der Waals surface area (Å²) in [4.78, 5) is 0.766. The summed E-state index contributed by atoms with van der Waals surface area (Å²) in [7, 11) is 0. The van der Waals surface area contributed by atoms with Crippen LogP contribution in [-0.2, 0) is 0 Å². The Kier molecular flexibility index (Phi) is 4.09. The van der Waals surface area contributed by atoms with E-state index in [-0.39, 0.29) is 0 Å². The summed E-state index contributed by atoms with van der Waals surface area (Å²) in [6.07, 6.45) is 5.60. The molecule has 72 valence electrons. The molecule has 1 fully saturated rings. The first kappa shape index (κ1) is 10.6. The first-order valence-corrected chi connectivity index (χ1v) is 6.19. The Morgan fingerprint density at radius 2 is 1.67 bits per heavy atom. The summed E-state index contributed by atoms with van der Waals surface area (Å²) in [6, 6.07) is 0. The van der Waals surface area contributed by atoms with E-state index in [1.807, 2.05) is 0 Å². The number of hydrogen-bond donors (Lipinski definition) is 0. The predicted octanol–water partition coefficient (Wildman–Crippen LogP) is 4.23. The summed E-state index contributed by atoms with van der Waals surface area (Å²) in [5, 5.41) is 0. The lowest BCUT2D eigenvalue weighted by Crippen LogP contribution is -2.25. The average Bonchev–Trinajstić information content (AvgIpc) is 2.01. The van der Waals surface area contributed by atoms with E-state index in [2.05, 4.69) is 36.7 Å². The molecule has 0 radical (unpaired) electrons. The first-order valence-electron chi connectivity index (χ1n) is 5.27. The van der Waals surface area contributed by atoms with Crippen LogP contribution < -0.4 is 0 Å². The summed E-state index contributed by atoms with van der Waals surface area (Å²) in [5.74, 6) is 2.84. The van der Waals surface area contributed by atoms with Gasteiger partial charge < -0.3 is 0 Å². The third-order valence-corrected chi connectivity index (χ3v) is 4.51. The van der Waals surface area contributed by atoms with E-state index in [1.54, 1.807) is 0 Å². The number of rotatable bonds is 2. The lowest BCUT2D eigenvalue weighted by molar-refractivity contribution is 0.215. The molecule has 0 aromatic heterocycles. The SMILES string of the molecule is CCC(Br)C1CC(C)CC(C)C1. The highest BCUT2D eigenvalue weighted by molar-refractivity contribution is 9.09. The topological polar surface area (TPSA) is 0 Å². The Labute approximate surface area is 85.3 Å². The second-order valence-electron chi connectivity index (χ2n) is 4.60. The van der Waals surface area contributed by atoms with Crippen molar-refractivity contribution in [2.24, 2.45) is 17.8 Å². The highest BCUT2D eigenvalue weighted by Gasteiger charge is 2.27. The molecule has 0 aromatic carbocycles. The van der Waals surface area contributed by atoms with E-state index in [0.29, 0.717) is 0 Å². The minimum atomic E-state index is 0.766. The third kappa shape index (κ3) is 2.76. The van der Waals surface area contributed by atoms with Gasteiger partial charge >= 0.3 is 0 Å². The lowest BCUT2D eigenvalue weighted by atomic mass is 9.75. The van der Waals surface area contributed by atoms with Crippen molar-refractivity contribution in [3.05, 3.63) is 0 Å². The Bertz CT molecular complexity index is 123. The Hall–Kier alpha value is 0.480. The van der Waals surface area contributed by atoms with Crippen LogP contribution in [0.15, 0.2) is 0 Å². The summed E-state index contributed by atoms with van der Waals surface area (Å²) >= 11 is 3.79. The van der Waals surface area contributed by atoms with Gasteiger partial charge in [0.2, 0.25) is 0 Å². The first-order chi connectivity index (χ1) is 5.63. The van der Waals surface area contributed by atoms with Crippen LogP contribution in [0.5, 0.6) is 0 Å². The van der Waals surface area contributed by atoms with Crippen molar-refractivity contribution in [2.45, 2.75) is 51.3 Å². The maximum atomic E-state index is 3.79. The Morgan fingerprint density at radius 3 is 2.08 bits per heavy atom. The van der Waals surface area contributed by atoms with E-state index >= 15 is 0 Å². The van der Waals surface area contributed by atoms with Crippen molar-refractivity contribution in [1.82, 2.24) is 0 Å². The van der Waals surface area contributed by atoms with Crippen LogP contribution in [0.25, 0.3) is 0 Å². The molecule has 0 spiro atoms. The molecular weight excluding hydrogens is 212 g/mol. The van der Waals surface area contributed by atoms with Gasteiger partial charge in [-0.2, -0.15) is 0 Å². The number of hydrogen-bond acceptors (Lipinski definition) is 0. The van der Waals surface area contributed by atoms with E-state index < -0.39 is 0 Å². The fraction of sp³-hybridized carbons (Fsp3) is 1.00.